The number of amides is 2. The predicted molar refractivity (Wildman–Crippen MR) is 159 cm³/mol. The maximum atomic E-state index is 13.5. The molecule has 0 aliphatic rings. The minimum absolute atomic E-state index is 0.0570. The molecule has 0 aliphatic heterocycles. The van der Waals surface area contributed by atoms with Crippen LogP contribution in [0.5, 0.6) is 11.5 Å². The van der Waals surface area contributed by atoms with Crippen molar-refractivity contribution in [1.82, 2.24) is 15.1 Å². The van der Waals surface area contributed by atoms with Gasteiger partial charge in [-0.2, -0.15) is 26.3 Å². The molecule has 1 N–H and O–H groups in total. The summed E-state index contributed by atoms with van der Waals surface area (Å²) in [5.74, 6) is -0.927. The van der Waals surface area contributed by atoms with Crippen LogP contribution in [-0.4, -0.2) is 54.2 Å². The van der Waals surface area contributed by atoms with Crippen molar-refractivity contribution in [3.8, 4) is 22.1 Å². The number of alkyl halides is 6. The molecule has 2 amide bonds. The maximum absolute atomic E-state index is 13.5. The lowest BCUT2D eigenvalue weighted by Gasteiger charge is -2.24. The molecule has 0 radical (unpaired) electrons. The summed E-state index contributed by atoms with van der Waals surface area (Å²) in [5.41, 5.74) is -2.75. The first-order valence-corrected chi connectivity index (χ1v) is 14.6. The predicted octanol–water partition coefficient (Wildman–Crippen LogP) is 7.63. The van der Waals surface area contributed by atoms with E-state index < -0.39 is 40.9 Å². The maximum Gasteiger partial charge on any atom is 0.416 e. The van der Waals surface area contributed by atoms with Gasteiger partial charge in [-0.15, -0.1) is 10.2 Å². The monoisotopic (exact) mass is 686 g/mol. The highest BCUT2D eigenvalue weighted by Crippen LogP contribution is 2.37. The number of methoxy groups -OCH3 is 2. The Morgan fingerprint density at radius 1 is 0.848 bits per heavy atom. The minimum atomic E-state index is -5.15. The molecule has 0 atom stereocenters. The molecule has 0 fully saturated rings. The van der Waals surface area contributed by atoms with Crippen molar-refractivity contribution >= 4 is 39.9 Å². The number of nitrogens with one attached hydrogen (secondary N) is 1. The van der Waals surface area contributed by atoms with Crippen molar-refractivity contribution in [3.05, 3.63) is 87.9 Å². The number of nitrogens with zero attached hydrogens (tertiary/aromatic N) is 3. The summed E-state index contributed by atoms with van der Waals surface area (Å²) in [4.78, 5) is 27.3. The first kappa shape index (κ1) is 34.5. The molecule has 0 bridgehead atoms. The second kappa shape index (κ2) is 14.4. The number of rotatable bonds is 11. The molecule has 4 aromatic rings. The number of hydrogen-bond donors (Lipinski definition) is 1. The topological polar surface area (TPSA) is 93.6 Å². The fraction of sp³-hybridized carbons (Fsp3) is 0.267. The van der Waals surface area contributed by atoms with E-state index in [-0.39, 0.29) is 37.1 Å². The quantitative estimate of drug-likeness (QED) is 0.163. The van der Waals surface area contributed by atoms with Crippen LogP contribution in [0.25, 0.3) is 10.6 Å². The Labute approximate surface area is 267 Å². The molecule has 8 nitrogen and oxygen atoms in total. The van der Waals surface area contributed by atoms with Crippen molar-refractivity contribution in [3.63, 3.8) is 0 Å². The molecule has 0 unspecified atom stereocenters. The number of halogens is 7. The van der Waals surface area contributed by atoms with Crippen LogP contribution in [0.3, 0.4) is 0 Å². The van der Waals surface area contributed by atoms with Gasteiger partial charge in [0, 0.05) is 35.7 Å². The Kier molecular flexibility index (Phi) is 10.8. The van der Waals surface area contributed by atoms with E-state index in [1.54, 1.807) is 42.5 Å². The van der Waals surface area contributed by atoms with Crippen molar-refractivity contribution in [2.24, 2.45) is 0 Å². The van der Waals surface area contributed by atoms with Gasteiger partial charge in [-0.25, -0.2) is 0 Å². The number of hydrogen-bond acceptors (Lipinski definition) is 7. The van der Waals surface area contributed by atoms with E-state index in [1.165, 1.54) is 14.2 Å². The molecule has 244 valence electrons. The van der Waals surface area contributed by atoms with Gasteiger partial charge in [0.25, 0.3) is 5.91 Å². The number of carbonyl (C=O) groups excluding carboxylic acids is 2. The SMILES string of the molecule is COc1ccc(CCN(CCC(=O)Nc2nnc(-c3ccc(Cl)cc3)s2)C(=O)c2cc(C(F)(F)F)cc(C(F)(F)F)c2)cc1OC. The molecular formula is C30H25ClF6N4O4S. The molecule has 3 aromatic carbocycles. The Morgan fingerprint density at radius 3 is 2.07 bits per heavy atom. The van der Waals surface area contributed by atoms with E-state index in [2.05, 4.69) is 15.5 Å². The summed E-state index contributed by atoms with van der Waals surface area (Å²) < 4.78 is 91.5. The molecule has 0 saturated heterocycles. The lowest BCUT2D eigenvalue weighted by molar-refractivity contribution is -0.143. The summed E-state index contributed by atoms with van der Waals surface area (Å²) in [7, 11) is 2.85. The third kappa shape index (κ3) is 8.88. The highest BCUT2D eigenvalue weighted by molar-refractivity contribution is 7.18. The fourth-order valence-corrected chi connectivity index (χ4v) is 5.17. The molecule has 0 aliphatic carbocycles. The minimum Gasteiger partial charge on any atom is -0.493 e. The van der Waals surface area contributed by atoms with Gasteiger partial charge in [0.2, 0.25) is 11.0 Å². The van der Waals surface area contributed by atoms with E-state index >= 15 is 0 Å². The third-order valence-electron chi connectivity index (χ3n) is 6.61. The van der Waals surface area contributed by atoms with Crippen molar-refractivity contribution in [1.29, 1.82) is 0 Å². The Hall–Kier alpha value is -4.37. The van der Waals surface area contributed by atoms with Gasteiger partial charge in [0.1, 0.15) is 5.01 Å². The van der Waals surface area contributed by atoms with Crippen molar-refractivity contribution in [2.75, 3.05) is 32.6 Å². The molecule has 4 rings (SSSR count). The Balaban J connectivity index is 1.56. The number of aromatic nitrogens is 2. The molecule has 46 heavy (non-hydrogen) atoms. The van der Waals surface area contributed by atoms with E-state index in [0.717, 1.165) is 16.2 Å². The van der Waals surface area contributed by atoms with Crippen LogP contribution >= 0.6 is 22.9 Å². The number of carbonyl (C=O) groups is 2. The van der Waals surface area contributed by atoms with Crippen LogP contribution < -0.4 is 14.8 Å². The summed E-state index contributed by atoms with van der Waals surface area (Å²) >= 11 is 6.97. The molecule has 1 aromatic heterocycles. The Morgan fingerprint density at radius 2 is 1.48 bits per heavy atom. The van der Waals surface area contributed by atoms with Crippen molar-refractivity contribution in [2.45, 2.75) is 25.2 Å². The van der Waals surface area contributed by atoms with E-state index in [0.29, 0.717) is 44.8 Å². The third-order valence-corrected chi connectivity index (χ3v) is 7.75. The van der Waals surface area contributed by atoms with E-state index in [9.17, 15) is 35.9 Å². The average molecular weight is 687 g/mol. The van der Waals surface area contributed by atoms with Crippen LogP contribution in [0.2, 0.25) is 5.02 Å². The lowest BCUT2D eigenvalue weighted by Crippen LogP contribution is -2.36. The zero-order valence-corrected chi connectivity index (χ0v) is 25.7. The smallest absolute Gasteiger partial charge is 0.416 e. The first-order chi connectivity index (χ1) is 21.7. The molecular weight excluding hydrogens is 662 g/mol. The number of benzene rings is 3. The van der Waals surface area contributed by atoms with Crippen LogP contribution in [0.1, 0.15) is 33.5 Å². The van der Waals surface area contributed by atoms with Crippen LogP contribution in [0, 0.1) is 0 Å². The second-order valence-electron chi connectivity index (χ2n) is 9.74. The summed E-state index contributed by atoms with van der Waals surface area (Å²) in [6.07, 6.45) is -10.5. The van der Waals surface area contributed by atoms with Crippen LogP contribution in [0.15, 0.2) is 60.7 Å². The summed E-state index contributed by atoms with van der Waals surface area (Å²) in [6.45, 7) is -0.489. The van der Waals surface area contributed by atoms with Crippen LogP contribution in [-0.2, 0) is 23.6 Å². The highest BCUT2D eigenvalue weighted by Gasteiger charge is 2.38. The zero-order chi connectivity index (χ0) is 33.6. The van der Waals surface area contributed by atoms with Gasteiger partial charge in [0.05, 0.1) is 25.3 Å². The number of anilines is 1. The highest BCUT2D eigenvalue weighted by atomic mass is 35.5. The van der Waals surface area contributed by atoms with Crippen LogP contribution in [0.4, 0.5) is 31.5 Å². The van der Waals surface area contributed by atoms with Gasteiger partial charge in [0.15, 0.2) is 11.5 Å². The molecule has 0 saturated carbocycles. The molecule has 16 heteroatoms. The first-order valence-electron chi connectivity index (χ1n) is 13.4. The standard InChI is InChI=1S/C30H25ClF6N4O4S/c1-44-23-8-3-17(13-24(23)45-2)9-11-41(27(43)19-14-20(29(32,33)34)16-21(15-19)30(35,36)37)12-10-25(42)38-28-40-39-26(46-28)18-4-6-22(31)7-5-18/h3-8,13-16H,9-12H2,1-2H3,(H,38,40,42). The fourth-order valence-electron chi connectivity index (χ4n) is 4.28. The lowest BCUT2D eigenvalue weighted by atomic mass is 10.0. The average Bonchev–Trinajstić information content (AvgIpc) is 3.48. The van der Waals surface area contributed by atoms with E-state index in [1.807, 2.05) is 0 Å². The van der Waals surface area contributed by atoms with Gasteiger partial charge in [-0.1, -0.05) is 41.1 Å². The largest absolute Gasteiger partial charge is 0.493 e. The summed E-state index contributed by atoms with van der Waals surface area (Å²) in [6, 6.07) is 12.3. The van der Waals surface area contributed by atoms with Gasteiger partial charge in [-0.05, 0) is 54.4 Å². The molecule has 0 spiro atoms. The number of ether oxygens (including phenoxy) is 2. The Bertz CT molecular complexity index is 1660. The second-order valence-corrected chi connectivity index (χ2v) is 11.2. The van der Waals surface area contributed by atoms with Crippen molar-refractivity contribution < 1.29 is 45.4 Å². The normalized spacial score (nSPS) is 11.7. The summed E-state index contributed by atoms with van der Waals surface area (Å²) in [5, 5.41) is 11.7. The van der Waals surface area contributed by atoms with Gasteiger partial charge >= 0.3 is 12.4 Å². The van der Waals surface area contributed by atoms with Gasteiger partial charge in [-0.3, -0.25) is 9.59 Å². The van der Waals surface area contributed by atoms with Gasteiger partial charge < -0.3 is 19.7 Å². The zero-order valence-electron chi connectivity index (χ0n) is 24.1. The van der Waals surface area contributed by atoms with E-state index in [4.69, 9.17) is 21.1 Å². The molecule has 1 heterocycles.